The van der Waals surface area contributed by atoms with E-state index in [1.807, 2.05) is 6.92 Å². The second-order valence-corrected chi connectivity index (χ2v) is 5.89. The highest BCUT2D eigenvalue weighted by atomic mass is 127. The van der Waals surface area contributed by atoms with Crippen LogP contribution < -0.4 is 10.6 Å². The third kappa shape index (κ3) is 11.0. The van der Waals surface area contributed by atoms with Gasteiger partial charge in [-0.15, -0.1) is 24.0 Å². The number of carbonyl (C=O) groups excluding carboxylic acids is 1. The van der Waals surface area contributed by atoms with Crippen LogP contribution in [-0.2, 0) is 14.3 Å². The lowest BCUT2D eigenvalue weighted by atomic mass is 10.1. The fourth-order valence-electron chi connectivity index (χ4n) is 2.13. The van der Waals surface area contributed by atoms with E-state index in [1.165, 1.54) is 0 Å². The molecule has 0 aromatic rings. The highest BCUT2D eigenvalue weighted by Gasteiger charge is 2.15. The van der Waals surface area contributed by atoms with Gasteiger partial charge in [-0.3, -0.25) is 4.79 Å². The lowest BCUT2D eigenvalue weighted by Gasteiger charge is -2.15. The van der Waals surface area contributed by atoms with Crippen LogP contribution in [-0.4, -0.2) is 76.9 Å². The molecule has 1 fully saturated rings. The molecule has 1 unspecified atom stereocenters. The fraction of sp³-hybridized carbons (Fsp3) is 0.875. The molecule has 2 N–H and O–H groups in total. The van der Waals surface area contributed by atoms with Gasteiger partial charge in [0.05, 0.1) is 6.61 Å². The Morgan fingerprint density at radius 2 is 2.12 bits per heavy atom. The van der Waals surface area contributed by atoms with E-state index in [4.69, 9.17) is 9.47 Å². The van der Waals surface area contributed by atoms with Gasteiger partial charge in [0.2, 0.25) is 5.91 Å². The monoisotopic (exact) mass is 456 g/mol. The van der Waals surface area contributed by atoms with Gasteiger partial charge in [-0.2, -0.15) is 0 Å². The topological polar surface area (TPSA) is 75.2 Å². The van der Waals surface area contributed by atoms with Crippen LogP contribution in [0, 0.1) is 5.92 Å². The van der Waals surface area contributed by atoms with Gasteiger partial charge in [-0.25, -0.2) is 4.99 Å². The number of hydrogen-bond donors (Lipinski definition) is 2. The summed E-state index contributed by atoms with van der Waals surface area (Å²) >= 11 is 0. The van der Waals surface area contributed by atoms with Crippen molar-refractivity contribution in [3.63, 3.8) is 0 Å². The summed E-state index contributed by atoms with van der Waals surface area (Å²) in [6, 6.07) is 0. The standard InChI is InChI=1S/C16H32N4O3.HI/c1-4-22-9-6-5-8-17-16(19-12-15(21)20(2)3)18-11-14-7-10-23-13-14;/h14H,4-13H2,1-3H3,(H2,17,18,19);1H. The van der Waals surface area contributed by atoms with Crippen molar-refractivity contribution in [2.45, 2.75) is 26.2 Å². The Morgan fingerprint density at radius 1 is 1.33 bits per heavy atom. The summed E-state index contributed by atoms with van der Waals surface area (Å²) in [5.41, 5.74) is 0. The Morgan fingerprint density at radius 3 is 2.75 bits per heavy atom. The summed E-state index contributed by atoms with van der Waals surface area (Å²) < 4.78 is 10.7. The number of aliphatic imine (C=N–C) groups is 1. The van der Waals surface area contributed by atoms with Gasteiger partial charge in [0.25, 0.3) is 0 Å². The van der Waals surface area contributed by atoms with Crippen LogP contribution in [0.3, 0.4) is 0 Å². The zero-order valence-electron chi connectivity index (χ0n) is 15.2. The zero-order chi connectivity index (χ0) is 16.9. The van der Waals surface area contributed by atoms with Crippen molar-refractivity contribution in [3.8, 4) is 0 Å². The minimum Gasteiger partial charge on any atom is -0.382 e. The highest BCUT2D eigenvalue weighted by Crippen LogP contribution is 2.10. The molecule has 0 saturated carbocycles. The molecule has 0 bridgehead atoms. The molecule has 1 aliphatic heterocycles. The zero-order valence-corrected chi connectivity index (χ0v) is 17.5. The molecule has 0 spiro atoms. The smallest absolute Gasteiger partial charge is 0.243 e. The van der Waals surface area contributed by atoms with Crippen molar-refractivity contribution in [3.05, 3.63) is 0 Å². The number of nitrogens with one attached hydrogen (secondary N) is 2. The normalized spacial score (nSPS) is 17.3. The Kier molecular flexibility index (Phi) is 14.3. The summed E-state index contributed by atoms with van der Waals surface area (Å²) in [6.07, 6.45) is 3.10. The summed E-state index contributed by atoms with van der Waals surface area (Å²) in [6.45, 7) is 6.98. The first-order valence-corrected chi connectivity index (χ1v) is 8.51. The highest BCUT2D eigenvalue weighted by molar-refractivity contribution is 14.0. The van der Waals surface area contributed by atoms with E-state index < -0.39 is 0 Å². The van der Waals surface area contributed by atoms with E-state index in [2.05, 4.69) is 15.6 Å². The van der Waals surface area contributed by atoms with Crippen molar-refractivity contribution in [2.75, 3.05) is 60.2 Å². The molecule has 8 heteroatoms. The molecular formula is C16H33IN4O3. The van der Waals surface area contributed by atoms with Crippen LogP contribution in [0.1, 0.15) is 26.2 Å². The van der Waals surface area contributed by atoms with Crippen LogP contribution in [0.5, 0.6) is 0 Å². The molecule has 0 radical (unpaired) electrons. The van der Waals surface area contributed by atoms with Crippen molar-refractivity contribution in [2.24, 2.45) is 10.9 Å². The number of carbonyl (C=O) groups is 1. The molecule has 0 aliphatic carbocycles. The van der Waals surface area contributed by atoms with Crippen molar-refractivity contribution in [1.29, 1.82) is 0 Å². The second kappa shape index (κ2) is 14.7. The molecule has 24 heavy (non-hydrogen) atoms. The maximum atomic E-state index is 11.7. The molecule has 1 aliphatic rings. The first-order chi connectivity index (χ1) is 11.1. The Balaban J connectivity index is 0.00000529. The number of unbranched alkanes of at least 4 members (excludes halogenated alkanes) is 1. The second-order valence-electron chi connectivity index (χ2n) is 5.89. The Labute approximate surface area is 162 Å². The number of hydrogen-bond acceptors (Lipinski definition) is 4. The third-order valence-electron chi connectivity index (χ3n) is 3.67. The third-order valence-corrected chi connectivity index (χ3v) is 3.67. The molecule has 0 aromatic heterocycles. The number of amides is 1. The number of guanidine groups is 1. The van der Waals surface area contributed by atoms with Gasteiger partial charge in [0.15, 0.2) is 5.96 Å². The van der Waals surface area contributed by atoms with Gasteiger partial charge in [-0.05, 0) is 26.2 Å². The molecule has 1 rings (SSSR count). The predicted octanol–water partition coefficient (Wildman–Crippen LogP) is 1.08. The van der Waals surface area contributed by atoms with Gasteiger partial charge in [0, 0.05) is 52.9 Å². The first kappa shape index (κ1) is 23.4. The molecular weight excluding hydrogens is 423 g/mol. The minimum absolute atomic E-state index is 0. The average Bonchev–Trinajstić information content (AvgIpc) is 3.05. The molecule has 1 atom stereocenters. The fourth-order valence-corrected chi connectivity index (χ4v) is 2.13. The largest absolute Gasteiger partial charge is 0.382 e. The Hall–Kier alpha value is -0.610. The summed E-state index contributed by atoms with van der Waals surface area (Å²) in [7, 11) is 3.48. The lowest BCUT2D eigenvalue weighted by Crippen LogP contribution is -2.41. The quantitative estimate of drug-likeness (QED) is 0.223. The number of nitrogens with zero attached hydrogens (tertiary/aromatic N) is 2. The number of rotatable bonds is 10. The van der Waals surface area contributed by atoms with E-state index in [-0.39, 0.29) is 36.4 Å². The maximum Gasteiger partial charge on any atom is 0.243 e. The minimum atomic E-state index is -0.00774. The number of ether oxygens (including phenoxy) is 2. The number of halogens is 1. The van der Waals surface area contributed by atoms with Crippen LogP contribution in [0.15, 0.2) is 4.99 Å². The van der Waals surface area contributed by atoms with Crippen LogP contribution in [0.25, 0.3) is 0 Å². The summed E-state index contributed by atoms with van der Waals surface area (Å²) in [5.74, 6) is 1.21. The van der Waals surface area contributed by atoms with Crippen LogP contribution in [0.2, 0.25) is 0 Å². The van der Waals surface area contributed by atoms with Crippen LogP contribution >= 0.6 is 24.0 Å². The summed E-state index contributed by atoms with van der Waals surface area (Å²) in [4.78, 5) is 17.6. The van der Waals surface area contributed by atoms with Crippen molar-refractivity contribution >= 4 is 35.8 Å². The van der Waals surface area contributed by atoms with Gasteiger partial charge in [0.1, 0.15) is 6.54 Å². The van der Waals surface area contributed by atoms with E-state index in [9.17, 15) is 4.79 Å². The van der Waals surface area contributed by atoms with E-state index in [0.29, 0.717) is 11.9 Å². The van der Waals surface area contributed by atoms with Crippen molar-refractivity contribution < 1.29 is 14.3 Å². The maximum absolute atomic E-state index is 11.7. The SMILES string of the molecule is CCOCCCCNC(=NCC(=O)N(C)C)NCC1CCOC1.I. The van der Waals surface area contributed by atoms with Crippen LogP contribution in [0.4, 0.5) is 0 Å². The van der Waals surface area contributed by atoms with Gasteiger partial charge < -0.3 is 25.0 Å². The lowest BCUT2D eigenvalue weighted by molar-refractivity contribution is -0.127. The van der Waals surface area contributed by atoms with E-state index >= 15 is 0 Å². The molecule has 142 valence electrons. The molecule has 0 aromatic carbocycles. The molecule has 1 heterocycles. The van der Waals surface area contributed by atoms with Gasteiger partial charge in [-0.1, -0.05) is 0 Å². The van der Waals surface area contributed by atoms with Crippen molar-refractivity contribution in [1.82, 2.24) is 15.5 Å². The molecule has 7 nitrogen and oxygen atoms in total. The first-order valence-electron chi connectivity index (χ1n) is 8.51. The molecule has 1 amide bonds. The molecule has 1 saturated heterocycles. The Bertz CT molecular complexity index is 361. The number of likely N-dealkylation sites (N-methyl/N-ethyl adjacent to an activating group) is 1. The predicted molar refractivity (Wildman–Crippen MR) is 107 cm³/mol. The van der Waals surface area contributed by atoms with E-state index in [0.717, 1.165) is 58.8 Å². The van der Waals surface area contributed by atoms with Gasteiger partial charge >= 0.3 is 0 Å². The average molecular weight is 456 g/mol. The summed E-state index contributed by atoms with van der Waals surface area (Å²) in [5, 5.41) is 6.60. The van der Waals surface area contributed by atoms with E-state index in [1.54, 1.807) is 19.0 Å².